The van der Waals surface area contributed by atoms with Gasteiger partial charge in [0.2, 0.25) is 0 Å². The van der Waals surface area contributed by atoms with Gasteiger partial charge in [0.05, 0.1) is 24.6 Å². The van der Waals surface area contributed by atoms with Gasteiger partial charge in [0, 0.05) is 16.6 Å². The molecule has 0 saturated carbocycles. The third kappa shape index (κ3) is 4.30. The minimum absolute atomic E-state index is 0.0321. The Hall–Kier alpha value is -3.03. The molecule has 0 aromatic heterocycles. The van der Waals surface area contributed by atoms with Crippen molar-refractivity contribution >= 4 is 27.7 Å². The first-order valence-electron chi connectivity index (χ1n) is 10.6. The second-order valence-electron chi connectivity index (χ2n) is 8.12. The van der Waals surface area contributed by atoms with Gasteiger partial charge in [-0.25, -0.2) is 17.5 Å². The van der Waals surface area contributed by atoms with Gasteiger partial charge in [-0.2, -0.15) is 0 Å². The zero-order chi connectivity index (χ0) is 23.8. The molecule has 0 N–H and O–H groups in total. The molecular weight excluding hydrogens is 460 g/mol. The standard InChI is InChI=1S/C25H25ClN2O4S/c1-17(2)28-23(16-27(25(28)29)33(30,31)21-10-5-4-6-11-21)19-9-7-8-18(14-19)22-15-20(26)12-13-24(22)32-3/h4-15,17,23H,16H2,1-3H3. The highest BCUT2D eigenvalue weighted by molar-refractivity contribution is 7.89. The van der Waals surface area contributed by atoms with E-state index in [-0.39, 0.29) is 17.5 Å². The van der Waals surface area contributed by atoms with Crippen LogP contribution in [0.2, 0.25) is 5.02 Å². The molecule has 0 bridgehead atoms. The number of ether oxygens (including phenoxy) is 1. The number of hydrogen-bond donors (Lipinski definition) is 0. The highest BCUT2D eigenvalue weighted by atomic mass is 35.5. The Balaban J connectivity index is 1.75. The average molecular weight is 485 g/mol. The van der Waals surface area contributed by atoms with Gasteiger partial charge in [-0.3, -0.25) is 0 Å². The number of urea groups is 1. The molecule has 33 heavy (non-hydrogen) atoms. The van der Waals surface area contributed by atoms with Gasteiger partial charge in [0.25, 0.3) is 10.0 Å². The Morgan fingerprint density at radius 2 is 1.73 bits per heavy atom. The molecule has 172 valence electrons. The molecule has 3 aromatic rings. The first-order valence-corrected chi connectivity index (χ1v) is 12.4. The van der Waals surface area contributed by atoms with Crippen molar-refractivity contribution in [3.63, 3.8) is 0 Å². The minimum atomic E-state index is -3.97. The van der Waals surface area contributed by atoms with Crippen LogP contribution in [0.3, 0.4) is 0 Å². The van der Waals surface area contributed by atoms with Crippen molar-refractivity contribution in [1.82, 2.24) is 9.21 Å². The molecule has 8 heteroatoms. The van der Waals surface area contributed by atoms with E-state index < -0.39 is 22.1 Å². The maximum absolute atomic E-state index is 13.3. The van der Waals surface area contributed by atoms with Crippen molar-refractivity contribution in [3.8, 4) is 16.9 Å². The Kier molecular flexibility index (Phi) is 6.36. The molecule has 0 spiro atoms. The molecule has 3 aromatic carbocycles. The molecule has 0 aliphatic carbocycles. The number of carbonyl (C=O) groups excluding carboxylic acids is 1. The molecule has 1 aliphatic heterocycles. The summed E-state index contributed by atoms with van der Waals surface area (Å²) >= 11 is 6.22. The fraction of sp³-hybridized carbons (Fsp3) is 0.240. The highest BCUT2D eigenvalue weighted by Crippen LogP contribution is 2.38. The van der Waals surface area contributed by atoms with Crippen LogP contribution in [0.15, 0.2) is 77.7 Å². The summed E-state index contributed by atoms with van der Waals surface area (Å²) in [5.41, 5.74) is 2.52. The predicted octanol–water partition coefficient (Wildman–Crippen LogP) is 5.59. The second-order valence-corrected chi connectivity index (χ2v) is 10.4. The zero-order valence-electron chi connectivity index (χ0n) is 18.6. The third-order valence-corrected chi connectivity index (χ3v) is 7.73. The van der Waals surface area contributed by atoms with Crippen molar-refractivity contribution < 1.29 is 17.9 Å². The maximum atomic E-state index is 13.3. The number of carbonyl (C=O) groups is 1. The summed E-state index contributed by atoms with van der Waals surface area (Å²) in [5.74, 6) is 0.674. The topological polar surface area (TPSA) is 66.9 Å². The second kappa shape index (κ2) is 9.08. The SMILES string of the molecule is COc1ccc(Cl)cc1-c1cccc(C2CN(S(=O)(=O)c3ccccc3)C(=O)N2C(C)C)c1. The molecular formula is C25H25ClN2O4S. The minimum Gasteiger partial charge on any atom is -0.496 e. The van der Waals surface area contributed by atoms with Gasteiger partial charge < -0.3 is 9.64 Å². The predicted molar refractivity (Wildman–Crippen MR) is 129 cm³/mol. The number of nitrogens with zero attached hydrogens (tertiary/aromatic N) is 2. The van der Waals surface area contributed by atoms with E-state index >= 15 is 0 Å². The summed E-state index contributed by atoms with van der Waals surface area (Å²) in [4.78, 5) is 15.0. The largest absolute Gasteiger partial charge is 0.496 e. The fourth-order valence-electron chi connectivity index (χ4n) is 4.17. The lowest BCUT2D eigenvalue weighted by Gasteiger charge is -2.27. The van der Waals surface area contributed by atoms with E-state index in [0.29, 0.717) is 10.8 Å². The van der Waals surface area contributed by atoms with E-state index in [1.807, 2.05) is 44.2 Å². The molecule has 0 radical (unpaired) electrons. The Labute approximate surface area is 199 Å². The lowest BCUT2D eigenvalue weighted by Crippen LogP contribution is -2.39. The number of amides is 2. The molecule has 1 saturated heterocycles. The number of hydrogen-bond acceptors (Lipinski definition) is 4. The van der Waals surface area contributed by atoms with Crippen molar-refractivity contribution in [2.24, 2.45) is 0 Å². The van der Waals surface area contributed by atoms with E-state index in [0.717, 1.165) is 21.0 Å². The number of sulfonamides is 1. The van der Waals surface area contributed by atoms with E-state index in [4.69, 9.17) is 16.3 Å². The number of benzene rings is 3. The average Bonchev–Trinajstić information content (AvgIpc) is 3.18. The summed E-state index contributed by atoms with van der Waals surface area (Å²) in [6, 6.07) is 20.0. The first kappa shape index (κ1) is 23.1. The first-order chi connectivity index (χ1) is 15.7. The van der Waals surface area contributed by atoms with E-state index in [2.05, 4.69) is 0 Å². The smallest absolute Gasteiger partial charge is 0.334 e. The molecule has 1 aliphatic rings. The van der Waals surface area contributed by atoms with Crippen molar-refractivity contribution in [2.45, 2.75) is 30.8 Å². The Morgan fingerprint density at radius 1 is 1.00 bits per heavy atom. The lowest BCUT2D eigenvalue weighted by atomic mass is 9.98. The van der Waals surface area contributed by atoms with Crippen LogP contribution < -0.4 is 4.74 Å². The summed E-state index contributed by atoms with van der Waals surface area (Å²) in [7, 11) is -2.37. The Morgan fingerprint density at radius 3 is 2.39 bits per heavy atom. The molecule has 1 heterocycles. The van der Waals surface area contributed by atoms with Crippen molar-refractivity contribution in [2.75, 3.05) is 13.7 Å². The Bertz CT molecular complexity index is 1280. The van der Waals surface area contributed by atoms with Crippen LogP contribution in [0.5, 0.6) is 5.75 Å². The maximum Gasteiger partial charge on any atom is 0.334 e. The van der Waals surface area contributed by atoms with Gasteiger partial charge in [0.1, 0.15) is 5.75 Å². The molecule has 1 fully saturated rings. The van der Waals surface area contributed by atoms with Gasteiger partial charge in [-0.05, 0) is 61.4 Å². The summed E-state index contributed by atoms with van der Waals surface area (Å²) in [6.45, 7) is 3.80. The monoisotopic (exact) mass is 484 g/mol. The number of halogens is 1. The molecule has 1 unspecified atom stereocenters. The van der Waals surface area contributed by atoms with Crippen LogP contribution >= 0.6 is 11.6 Å². The van der Waals surface area contributed by atoms with Gasteiger partial charge in [0.15, 0.2) is 0 Å². The number of rotatable bonds is 6. The van der Waals surface area contributed by atoms with Crippen molar-refractivity contribution in [3.05, 3.63) is 83.4 Å². The van der Waals surface area contributed by atoms with Crippen LogP contribution in [0.25, 0.3) is 11.1 Å². The molecule has 4 rings (SSSR count). The van der Waals surface area contributed by atoms with E-state index in [9.17, 15) is 13.2 Å². The summed E-state index contributed by atoms with van der Waals surface area (Å²) in [6.07, 6.45) is 0. The quantitative estimate of drug-likeness (QED) is 0.457. The van der Waals surface area contributed by atoms with Gasteiger partial charge >= 0.3 is 6.03 Å². The van der Waals surface area contributed by atoms with E-state index in [1.165, 1.54) is 12.1 Å². The van der Waals surface area contributed by atoms with Crippen LogP contribution in [-0.4, -0.2) is 43.4 Å². The normalized spacial score (nSPS) is 16.5. The van der Waals surface area contributed by atoms with Crippen LogP contribution in [0.4, 0.5) is 4.79 Å². The lowest BCUT2D eigenvalue weighted by molar-refractivity contribution is 0.181. The van der Waals surface area contributed by atoms with Crippen molar-refractivity contribution in [1.29, 1.82) is 0 Å². The summed E-state index contributed by atoms with van der Waals surface area (Å²) in [5, 5.41) is 0.580. The highest BCUT2D eigenvalue weighted by Gasteiger charge is 2.45. The molecule has 6 nitrogen and oxygen atoms in total. The third-order valence-electron chi connectivity index (χ3n) is 5.74. The van der Waals surface area contributed by atoms with Gasteiger partial charge in [-0.1, -0.05) is 48.0 Å². The molecule has 2 amide bonds. The van der Waals surface area contributed by atoms with Gasteiger partial charge in [-0.15, -0.1) is 0 Å². The van der Waals surface area contributed by atoms with Crippen LogP contribution in [0, 0.1) is 0 Å². The van der Waals surface area contributed by atoms with Crippen LogP contribution in [0.1, 0.15) is 25.5 Å². The van der Waals surface area contributed by atoms with E-state index in [1.54, 1.807) is 42.3 Å². The van der Waals surface area contributed by atoms with Crippen LogP contribution in [-0.2, 0) is 10.0 Å². The number of methoxy groups -OCH3 is 1. The fourth-order valence-corrected chi connectivity index (χ4v) is 5.74. The summed E-state index contributed by atoms with van der Waals surface area (Å²) < 4.78 is 33.0. The molecule has 1 atom stereocenters. The zero-order valence-corrected chi connectivity index (χ0v) is 20.2.